The number of hydrogen-bond donors (Lipinski definition) is 1. The van der Waals surface area contributed by atoms with E-state index in [1.165, 1.54) is 0 Å². The van der Waals surface area contributed by atoms with Gasteiger partial charge in [-0.05, 0) is 25.1 Å². The van der Waals surface area contributed by atoms with Crippen LogP contribution in [0.3, 0.4) is 0 Å². The minimum Gasteiger partial charge on any atom is -0.305 e. The van der Waals surface area contributed by atoms with E-state index in [1.54, 1.807) is 35.3 Å². The van der Waals surface area contributed by atoms with Crippen LogP contribution >= 0.6 is 0 Å². The van der Waals surface area contributed by atoms with Crippen molar-refractivity contribution in [3.63, 3.8) is 0 Å². The van der Waals surface area contributed by atoms with Gasteiger partial charge in [-0.3, -0.25) is 9.48 Å². The number of carbonyl (C=O) groups is 1. The number of rotatable bonds is 3. The van der Waals surface area contributed by atoms with Gasteiger partial charge in [-0.2, -0.15) is 5.10 Å². The lowest BCUT2D eigenvalue weighted by Gasteiger charge is -2.05. The van der Waals surface area contributed by atoms with E-state index in [4.69, 9.17) is 0 Å². The highest BCUT2D eigenvalue weighted by Gasteiger charge is 2.11. The maximum absolute atomic E-state index is 11.8. The summed E-state index contributed by atoms with van der Waals surface area (Å²) in [6.07, 6.45) is 3.24. The molecule has 1 N–H and O–H groups in total. The summed E-state index contributed by atoms with van der Waals surface area (Å²) < 4.78 is 1.64. The van der Waals surface area contributed by atoms with Crippen molar-refractivity contribution in [1.82, 2.24) is 14.8 Å². The molecule has 0 aliphatic carbocycles. The summed E-state index contributed by atoms with van der Waals surface area (Å²) in [7, 11) is 0. The van der Waals surface area contributed by atoms with E-state index in [0.29, 0.717) is 18.1 Å². The molecule has 0 aliphatic rings. The largest absolute Gasteiger partial charge is 0.305 e. The summed E-state index contributed by atoms with van der Waals surface area (Å²) in [6, 6.07) is 7.04. The molecule has 2 rings (SSSR count). The Morgan fingerprint density at radius 2 is 2.25 bits per heavy atom. The molecule has 0 radical (unpaired) electrons. The molecule has 2 aromatic heterocycles. The topological polar surface area (TPSA) is 59.8 Å². The number of anilines is 1. The molecule has 2 heterocycles. The van der Waals surface area contributed by atoms with Crippen LogP contribution in [-0.2, 0) is 6.54 Å². The maximum atomic E-state index is 11.8. The van der Waals surface area contributed by atoms with Gasteiger partial charge in [0.2, 0.25) is 0 Å². The predicted molar refractivity (Wildman–Crippen MR) is 60.1 cm³/mol. The fourth-order valence-electron chi connectivity index (χ4n) is 1.39. The van der Waals surface area contributed by atoms with Crippen molar-refractivity contribution >= 4 is 11.7 Å². The van der Waals surface area contributed by atoms with Crippen LogP contribution in [0.4, 0.5) is 5.82 Å². The fraction of sp³-hybridized carbons (Fsp3) is 0.182. The molecule has 0 saturated carbocycles. The summed E-state index contributed by atoms with van der Waals surface area (Å²) in [5.74, 6) is 0.342. The zero-order chi connectivity index (χ0) is 11.4. The van der Waals surface area contributed by atoms with Crippen molar-refractivity contribution < 1.29 is 4.79 Å². The average molecular weight is 216 g/mol. The number of nitrogens with zero attached hydrogens (tertiary/aromatic N) is 3. The Hall–Kier alpha value is -2.17. The van der Waals surface area contributed by atoms with E-state index in [1.807, 2.05) is 13.0 Å². The van der Waals surface area contributed by atoms with Crippen LogP contribution in [0.1, 0.15) is 17.4 Å². The molecule has 0 spiro atoms. The van der Waals surface area contributed by atoms with Gasteiger partial charge >= 0.3 is 0 Å². The molecule has 0 saturated heterocycles. The third kappa shape index (κ3) is 2.08. The number of amides is 1. The molecule has 2 aromatic rings. The van der Waals surface area contributed by atoms with Gasteiger partial charge in [0, 0.05) is 18.9 Å². The second kappa shape index (κ2) is 4.57. The monoisotopic (exact) mass is 216 g/mol. The highest BCUT2D eigenvalue weighted by Crippen LogP contribution is 2.05. The van der Waals surface area contributed by atoms with E-state index in [0.717, 1.165) is 0 Å². The first kappa shape index (κ1) is 10.4. The van der Waals surface area contributed by atoms with Crippen molar-refractivity contribution in [1.29, 1.82) is 0 Å². The second-order valence-corrected chi connectivity index (χ2v) is 3.20. The summed E-state index contributed by atoms with van der Waals surface area (Å²) in [5.41, 5.74) is 0.535. The molecule has 0 atom stereocenters. The molecule has 82 valence electrons. The number of carbonyl (C=O) groups excluding carboxylic acids is 1. The van der Waals surface area contributed by atoms with Crippen LogP contribution in [0.15, 0.2) is 36.7 Å². The van der Waals surface area contributed by atoms with Gasteiger partial charge in [0.15, 0.2) is 0 Å². The van der Waals surface area contributed by atoms with Crippen molar-refractivity contribution in [3.05, 3.63) is 42.4 Å². The highest BCUT2D eigenvalue weighted by molar-refractivity contribution is 6.02. The van der Waals surface area contributed by atoms with E-state index in [-0.39, 0.29) is 5.91 Å². The van der Waals surface area contributed by atoms with Gasteiger partial charge in [0.05, 0.1) is 0 Å². The SMILES string of the molecule is CCn1nccc1C(=O)Nc1ccccn1. The zero-order valence-corrected chi connectivity index (χ0v) is 8.92. The number of nitrogens with one attached hydrogen (secondary N) is 1. The predicted octanol–water partition coefficient (Wildman–Crippen LogP) is 1.55. The Bertz CT molecular complexity index is 478. The van der Waals surface area contributed by atoms with Gasteiger partial charge in [0.1, 0.15) is 11.5 Å². The van der Waals surface area contributed by atoms with Gasteiger partial charge in [-0.25, -0.2) is 4.98 Å². The number of aryl methyl sites for hydroxylation is 1. The summed E-state index contributed by atoms with van der Waals surface area (Å²) in [4.78, 5) is 15.9. The molecule has 0 unspecified atom stereocenters. The molecule has 16 heavy (non-hydrogen) atoms. The Labute approximate surface area is 93.1 Å². The lowest BCUT2D eigenvalue weighted by molar-refractivity contribution is 0.101. The van der Waals surface area contributed by atoms with Crippen LogP contribution in [0.2, 0.25) is 0 Å². The Kier molecular flexibility index (Phi) is 2.95. The smallest absolute Gasteiger partial charge is 0.275 e. The summed E-state index contributed by atoms with van der Waals surface area (Å²) in [5, 5.41) is 6.74. The minimum atomic E-state index is -0.196. The molecule has 0 aromatic carbocycles. The second-order valence-electron chi connectivity index (χ2n) is 3.20. The summed E-state index contributed by atoms with van der Waals surface area (Å²) in [6.45, 7) is 2.60. The third-order valence-electron chi connectivity index (χ3n) is 2.16. The highest BCUT2D eigenvalue weighted by atomic mass is 16.2. The molecule has 0 aliphatic heterocycles. The van der Waals surface area contributed by atoms with E-state index >= 15 is 0 Å². The molecule has 5 nitrogen and oxygen atoms in total. The first-order chi connectivity index (χ1) is 7.81. The van der Waals surface area contributed by atoms with Gasteiger partial charge in [-0.1, -0.05) is 6.07 Å². The Morgan fingerprint density at radius 1 is 1.38 bits per heavy atom. The third-order valence-corrected chi connectivity index (χ3v) is 2.16. The normalized spacial score (nSPS) is 10.1. The van der Waals surface area contributed by atoms with E-state index < -0.39 is 0 Å². The quantitative estimate of drug-likeness (QED) is 0.846. The molecular formula is C11H12N4O. The lowest BCUT2D eigenvalue weighted by Crippen LogP contribution is -2.17. The van der Waals surface area contributed by atoms with Crippen molar-refractivity contribution in [3.8, 4) is 0 Å². The summed E-state index contributed by atoms with van der Waals surface area (Å²) >= 11 is 0. The number of hydrogen-bond acceptors (Lipinski definition) is 3. The number of pyridine rings is 1. The van der Waals surface area contributed by atoms with Crippen LogP contribution in [-0.4, -0.2) is 20.7 Å². The molecule has 1 amide bonds. The van der Waals surface area contributed by atoms with Crippen molar-refractivity contribution in [2.45, 2.75) is 13.5 Å². The van der Waals surface area contributed by atoms with Crippen molar-refractivity contribution in [2.75, 3.05) is 5.32 Å². The van der Waals surface area contributed by atoms with Crippen LogP contribution in [0.25, 0.3) is 0 Å². The first-order valence-corrected chi connectivity index (χ1v) is 5.05. The first-order valence-electron chi connectivity index (χ1n) is 5.05. The molecule has 0 bridgehead atoms. The van der Waals surface area contributed by atoms with Gasteiger partial charge in [-0.15, -0.1) is 0 Å². The maximum Gasteiger partial charge on any atom is 0.275 e. The molecule has 5 heteroatoms. The van der Waals surface area contributed by atoms with Crippen LogP contribution in [0.5, 0.6) is 0 Å². The molecule has 0 fully saturated rings. The number of aromatic nitrogens is 3. The van der Waals surface area contributed by atoms with Crippen LogP contribution in [0, 0.1) is 0 Å². The average Bonchev–Trinajstić information content (AvgIpc) is 2.78. The van der Waals surface area contributed by atoms with Crippen molar-refractivity contribution in [2.24, 2.45) is 0 Å². The zero-order valence-electron chi connectivity index (χ0n) is 8.92. The van der Waals surface area contributed by atoms with Gasteiger partial charge < -0.3 is 5.32 Å². The fourth-order valence-corrected chi connectivity index (χ4v) is 1.39. The standard InChI is InChI=1S/C11H12N4O/c1-2-15-9(6-8-13-15)11(16)14-10-5-3-4-7-12-10/h3-8H,2H2,1H3,(H,12,14,16). The lowest BCUT2D eigenvalue weighted by atomic mass is 10.4. The molecular weight excluding hydrogens is 204 g/mol. The minimum absolute atomic E-state index is 0.196. The Morgan fingerprint density at radius 3 is 2.94 bits per heavy atom. The van der Waals surface area contributed by atoms with Gasteiger partial charge in [0.25, 0.3) is 5.91 Å². The van der Waals surface area contributed by atoms with E-state index in [9.17, 15) is 4.79 Å². The van der Waals surface area contributed by atoms with E-state index in [2.05, 4.69) is 15.4 Å². The Balaban J connectivity index is 2.15. The van der Waals surface area contributed by atoms with Crippen LogP contribution < -0.4 is 5.32 Å².